The number of rotatable bonds is 4. The molecular formula is C14H19N3O5. The molecule has 0 saturated carbocycles. The van der Waals surface area contributed by atoms with Gasteiger partial charge >= 0.3 is 5.97 Å². The highest BCUT2D eigenvalue weighted by Crippen LogP contribution is 2.25. The SMILES string of the molecule is CNc1ccc(C(=O)NOC(=O)CC(C)(C)C)cc1[N+](=O)[O-]. The number of carbonyl (C=O) groups is 2. The predicted molar refractivity (Wildman–Crippen MR) is 80.3 cm³/mol. The molecule has 1 rings (SSSR count). The van der Waals surface area contributed by atoms with Gasteiger partial charge in [-0.3, -0.25) is 14.9 Å². The summed E-state index contributed by atoms with van der Waals surface area (Å²) < 4.78 is 0. The molecule has 0 aliphatic heterocycles. The fourth-order valence-corrected chi connectivity index (χ4v) is 1.67. The van der Waals surface area contributed by atoms with E-state index in [0.717, 1.165) is 6.07 Å². The molecule has 1 aromatic carbocycles. The van der Waals surface area contributed by atoms with E-state index in [9.17, 15) is 19.7 Å². The first-order valence-electron chi connectivity index (χ1n) is 6.60. The monoisotopic (exact) mass is 309 g/mol. The summed E-state index contributed by atoms with van der Waals surface area (Å²) in [4.78, 5) is 38.4. The number of hydrogen-bond donors (Lipinski definition) is 2. The molecule has 0 atom stereocenters. The first-order valence-corrected chi connectivity index (χ1v) is 6.60. The van der Waals surface area contributed by atoms with Gasteiger partial charge in [0.15, 0.2) is 0 Å². The average Bonchev–Trinajstić information content (AvgIpc) is 2.42. The summed E-state index contributed by atoms with van der Waals surface area (Å²) in [5.41, 5.74) is 1.79. The number of nitro benzene ring substituents is 1. The van der Waals surface area contributed by atoms with Crippen molar-refractivity contribution >= 4 is 23.3 Å². The lowest BCUT2D eigenvalue weighted by atomic mass is 9.93. The standard InChI is InChI=1S/C14H19N3O5/c1-14(2,3)8-12(18)22-16-13(19)9-5-6-10(15-4)11(7-9)17(20)21/h5-7,15H,8H2,1-4H3,(H,16,19). The van der Waals surface area contributed by atoms with Crippen molar-refractivity contribution in [3.63, 3.8) is 0 Å². The van der Waals surface area contributed by atoms with Gasteiger partial charge in [0.25, 0.3) is 11.6 Å². The summed E-state index contributed by atoms with van der Waals surface area (Å²) in [6.07, 6.45) is 0.131. The minimum Gasteiger partial charge on any atom is -0.383 e. The lowest BCUT2D eigenvalue weighted by Gasteiger charge is -2.16. The van der Waals surface area contributed by atoms with Gasteiger partial charge in [0.1, 0.15) is 5.69 Å². The van der Waals surface area contributed by atoms with Crippen LogP contribution < -0.4 is 10.8 Å². The van der Waals surface area contributed by atoms with E-state index in [1.807, 2.05) is 26.3 Å². The van der Waals surface area contributed by atoms with E-state index in [0.29, 0.717) is 0 Å². The number of carbonyl (C=O) groups excluding carboxylic acids is 2. The number of hydrogen-bond acceptors (Lipinski definition) is 6. The van der Waals surface area contributed by atoms with Crippen molar-refractivity contribution in [2.45, 2.75) is 27.2 Å². The van der Waals surface area contributed by atoms with Crippen LogP contribution >= 0.6 is 0 Å². The lowest BCUT2D eigenvalue weighted by molar-refractivity contribution is -0.384. The first kappa shape index (κ1) is 17.4. The summed E-state index contributed by atoms with van der Waals surface area (Å²) in [7, 11) is 1.54. The Morgan fingerprint density at radius 2 is 1.95 bits per heavy atom. The molecule has 0 fully saturated rings. The summed E-state index contributed by atoms with van der Waals surface area (Å²) >= 11 is 0. The van der Waals surface area contributed by atoms with Crippen molar-refractivity contribution in [1.82, 2.24) is 5.48 Å². The topological polar surface area (TPSA) is 111 Å². The quantitative estimate of drug-likeness (QED) is 0.652. The Labute approximate surface area is 127 Å². The van der Waals surface area contributed by atoms with E-state index in [1.54, 1.807) is 0 Å². The highest BCUT2D eigenvalue weighted by atomic mass is 16.7. The second-order valence-electron chi connectivity index (χ2n) is 5.88. The van der Waals surface area contributed by atoms with Crippen LogP contribution in [0.15, 0.2) is 18.2 Å². The van der Waals surface area contributed by atoms with Crippen LogP contribution in [-0.4, -0.2) is 23.8 Å². The molecule has 22 heavy (non-hydrogen) atoms. The van der Waals surface area contributed by atoms with Gasteiger partial charge in [-0.1, -0.05) is 20.8 Å². The molecule has 1 amide bonds. The van der Waals surface area contributed by atoms with Gasteiger partial charge in [-0.2, -0.15) is 5.48 Å². The molecule has 0 saturated heterocycles. The van der Waals surface area contributed by atoms with Gasteiger partial charge in [0, 0.05) is 18.7 Å². The number of nitrogens with one attached hydrogen (secondary N) is 2. The Balaban J connectivity index is 2.76. The van der Waals surface area contributed by atoms with Crippen LogP contribution in [0, 0.1) is 15.5 Å². The highest BCUT2D eigenvalue weighted by Gasteiger charge is 2.20. The lowest BCUT2D eigenvalue weighted by Crippen LogP contribution is -2.29. The molecule has 120 valence electrons. The van der Waals surface area contributed by atoms with Gasteiger partial charge < -0.3 is 10.2 Å². The van der Waals surface area contributed by atoms with Crippen LogP contribution in [0.25, 0.3) is 0 Å². The van der Waals surface area contributed by atoms with Crippen LogP contribution in [0.5, 0.6) is 0 Å². The van der Waals surface area contributed by atoms with Gasteiger partial charge in [-0.25, -0.2) is 4.79 Å². The van der Waals surface area contributed by atoms with Gasteiger partial charge in [0.2, 0.25) is 0 Å². The minimum absolute atomic E-state index is 0.0225. The molecule has 8 nitrogen and oxygen atoms in total. The number of amides is 1. The van der Waals surface area contributed by atoms with E-state index in [4.69, 9.17) is 0 Å². The number of benzene rings is 1. The molecule has 0 aromatic heterocycles. The van der Waals surface area contributed by atoms with E-state index < -0.39 is 16.8 Å². The molecule has 0 aliphatic rings. The van der Waals surface area contributed by atoms with Crippen LogP contribution in [0.1, 0.15) is 37.6 Å². The summed E-state index contributed by atoms with van der Waals surface area (Å²) in [6.45, 7) is 5.57. The number of nitrogens with zero attached hydrogens (tertiary/aromatic N) is 1. The molecule has 1 aromatic rings. The van der Waals surface area contributed by atoms with Crippen LogP contribution in [0.3, 0.4) is 0 Å². The third kappa shape index (κ3) is 5.04. The summed E-state index contributed by atoms with van der Waals surface area (Å²) in [6, 6.07) is 3.91. The summed E-state index contributed by atoms with van der Waals surface area (Å²) in [5, 5.41) is 13.6. The molecule has 0 bridgehead atoms. The zero-order valence-electron chi connectivity index (χ0n) is 12.9. The molecule has 0 heterocycles. The third-order valence-electron chi connectivity index (χ3n) is 2.66. The molecular weight excluding hydrogens is 290 g/mol. The normalized spacial score (nSPS) is 10.7. The molecule has 0 spiro atoms. The van der Waals surface area contributed by atoms with Crippen molar-refractivity contribution < 1.29 is 19.3 Å². The Hall–Kier alpha value is -2.64. The second-order valence-corrected chi connectivity index (χ2v) is 5.88. The number of nitro groups is 1. The largest absolute Gasteiger partial charge is 0.383 e. The molecule has 8 heteroatoms. The first-order chi connectivity index (χ1) is 10.1. The Morgan fingerprint density at radius 3 is 2.45 bits per heavy atom. The maximum absolute atomic E-state index is 11.9. The van der Waals surface area contributed by atoms with Crippen LogP contribution in [-0.2, 0) is 9.63 Å². The zero-order valence-corrected chi connectivity index (χ0v) is 12.9. The molecule has 0 radical (unpaired) electrons. The van der Waals surface area contributed by atoms with Gasteiger partial charge in [-0.05, 0) is 17.5 Å². The van der Waals surface area contributed by atoms with Crippen molar-refractivity contribution in [2.75, 3.05) is 12.4 Å². The Morgan fingerprint density at radius 1 is 1.32 bits per heavy atom. The highest BCUT2D eigenvalue weighted by molar-refractivity contribution is 5.95. The zero-order chi connectivity index (χ0) is 16.9. The van der Waals surface area contributed by atoms with Gasteiger partial charge in [0.05, 0.1) is 11.3 Å². The van der Waals surface area contributed by atoms with E-state index in [-0.39, 0.29) is 28.8 Å². The fraction of sp³-hybridized carbons (Fsp3) is 0.429. The molecule has 0 unspecified atom stereocenters. The predicted octanol–water partition coefficient (Wildman–Crippen LogP) is 2.26. The smallest absolute Gasteiger partial charge is 0.332 e. The van der Waals surface area contributed by atoms with E-state index in [2.05, 4.69) is 10.2 Å². The molecule has 0 aliphatic carbocycles. The molecule has 2 N–H and O–H groups in total. The van der Waals surface area contributed by atoms with Crippen molar-refractivity contribution in [2.24, 2.45) is 5.41 Å². The Bertz CT molecular complexity index is 593. The van der Waals surface area contributed by atoms with Crippen LogP contribution in [0.2, 0.25) is 0 Å². The summed E-state index contributed by atoms with van der Waals surface area (Å²) in [5.74, 6) is -1.31. The maximum Gasteiger partial charge on any atom is 0.332 e. The second kappa shape index (κ2) is 6.88. The number of hydroxylamine groups is 1. The van der Waals surface area contributed by atoms with Crippen molar-refractivity contribution in [3.05, 3.63) is 33.9 Å². The third-order valence-corrected chi connectivity index (χ3v) is 2.66. The number of anilines is 1. The maximum atomic E-state index is 11.9. The Kier molecular flexibility index (Phi) is 5.44. The van der Waals surface area contributed by atoms with Gasteiger partial charge in [-0.15, -0.1) is 0 Å². The van der Waals surface area contributed by atoms with Crippen LogP contribution in [0.4, 0.5) is 11.4 Å². The van der Waals surface area contributed by atoms with Crippen molar-refractivity contribution in [3.8, 4) is 0 Å². The van der Waals surface area contributed by atoms with E-state index in [1.165, 1.54) is 19.2 Å². The fourth-order valence-electron chi connectivity index (χ4n) is 1.67. The average molecular weight is 309 g/mol. The van der Waals surface area contributed by atoms with Crippen molar-refractivity contribution in [1.29, 1.82) is 0 Å². The minimum atomic E-state index is -0.729. The van der Waals surface area contributed by atoms with E-state index >= 15 is 0 Å².